The molecule has 3 heteroatoms. The summed E-state index contributed by atoms with van der Waals surface area (Å²) < 4.78 is 6.69. The second-order valence-corrected chi connectivity index (χ2v) is 13.5. The van der Waals surface area contributed by atoms with Gasteiger partial charge in [0, 0.05) is 39.0 Å². The SMILES string of the molecule is CC(C)(C)c1ccc(N(c2cccc(Nc3cccc4c3oc3c(-c5ccccc5)cccc34)c2)c2ccccc2-c2ccccc2)cc1. The fourth-order valence-electron chi connectivity index (χ4n) is 6.71. The van der Waals surface area contributed by atoms with E-state index < -0.39 is 0 Å². The van der Waals surface area contributed by atoms with E-state index in [4.69, 9.17) is 4.42 Å². The summed E-state index contributed by atoms with van der Waals surface area (Å²) in [6.45, 7) is 6.76. The van der Waals surface area contributed by atoms with Crippen molar-refractivity contribution >= 4 is 50.4 Å². The lowest BCUT2D eigenvalue weighted by atomic mass is 9.87. The first-order valence-electron chi connectivity index (χ1n) is 16.9. The molecule has 0 radical (unpaired) electrons. The fraction of sp³-hybridized carbons (Fsp3) is 0.0870. The van der Waals surface area contributed by atoms with Gasteiger partial charge in [0.25, 0.3) is 0 Å². The van der Waals surface area contributed by atoms with Gasteiger partial charge in [-0.15, -0.1) is 0 Å². The highest BCUT2D eigenvalue weighted by atomic mass is 16.3. The molecule has 8 aromatic rings. The Morgan fingerprint density at radius 1 is 0.490 bits per heavy atom. The van der Waals surface area contributed by atoms with E-state index in [0.29, 0.717) is 0 Å². The molecule has 0 aliphatic carbocycles. The minimum atomic E-state index is 0.0642. The second-order valence-electron chi connectivity index (χ2n) is 13.5. The van der Waals surface area contributed by atoms with E-state index in [1.54, 1.807) is 0 Å². The molecule has 0 bridgehead atoms. The quantitative estimate of drug-likeness (QED) is 0.189. The van der Waals surface area contributed by atoms with Gasteiger partial charge in [0.15, 0.2) is 5.58 Å². The summed E-state index contributed by atoms with van der Waals surface area (Å²) in [6, 6.07) is 60.0. The molecule has 0 unspecified atom stereocenters. The Hall–Kier alpha value is -6.06. The van der Waals surface area contributed by atoms with Crippen molar-refractivity contribution in [2.45, 2.75) is 26.2 Å². The van der Waals surface area contributed by atoms with E-state index in [9.17, 15) is 0 Å². The summed E-state index contributed by atoms with van der Waals surface area (Å²) in [5.74, 6) is 0. The molecule has 238 valence electrons. The maximum absolute atomic E-state index is 6.69. The van der Waals surface area contributed by atoms with Crippen LogP contribution < -0.4 is 10.2 Å². The van der Waals surface area contributed by atoms with E-state index in [1.807, 2.05) is 6.07 Å². The van der Waals surface area contributed by atoms with E-state index >= 15 is 0 Å². The first-order valence-corrected chi connectivity index (χ1v) is 16.9. The molecule has 0 saturated carbocycles. The molecular formula is C46H38N2O. The van der Waals surface area contributed by atoms with Crippen LogP contribution in [0.3, 0.4) is 0 Å². The third-order valence-corrected chi connectivity index (χ3v) is 9.21. The van der Waals surface area contributed by atoms with Crippen LogP contribution in [0.5, 0.6) is 0 Å². The first kappa shape index (κ1) is 30.3. The predicted octanol–water partition coefficient (Wildman–Crippen LogP) is 13.4. The highest BCUT2D eigenvalue weighted by molar-refractivity contribution is 6.12. The maximum atomic E-state index is 6.69. The summed E-state index contributed by atoms with van der Waals surface area (Å²) in [4.78, 5) is 2.36. The Labute approximate surface area is 288 Å². The molecule has 0 amide bonds. The Morgan fingerprint density at radius 2 is 1.08 bits per heavy atom. The highest BCUT2D eigenvalue weighted by Gasteiger charge is 2.20. The number of para-hydroxylation sites is 3. The Bertz CT molecular complexity index is 2380. The zero-order valence-corrected chi connectivity index (χ0v) is 28.0. The van der Waals surface area contributed by atoms with Crippen LogP contribution in [0, 0.1) is 0 Å². The van der Waals surface area contributed by atoms with Crippen molar-refractivity contribution in [1.82, 2.24) is 0 Å². The minimum Gasteiger partial charge on any atom is -0.453 e. The first-order chi connectivity index (χ1) is 23.9. The summed E-state index contributed by atoms with van der Waals surface area (Å²) >= 11 is 0. The van der Waals surface area contributed by atoms with Crippen molar-refractivity contribution in [1.29, 1.82) is 0 Å². The molecule has 0 fully saturated rings. The van der Waals surface area contributed by atoms with Crippen molar-refractivity contribution in [2.75, 3.05) is 10.2 Å². The van der Waals surface area contributed by atoms with Crippen molar-refractivity contribution in [2.24, 2.45) is 0 Å². The molecule has 8 rings (SSSR count). The van der Waals surface area contributed by atoms with Crippen LogP contribution in [0.2, 0.25) is 0 Å². The average molecular weight is 635 g/mol. The number of hydrogen-bond acceptors (Lipinski definition) is 3. The number of fused-ring (bicyclic) bond motifs is 3. The standard InChI is InChI=1S/C46H38N2O/c1-46(2,3)34-27-29-36(30-28-34)48(43-26-11-10-21-38(43)32-15-6-4-7-16-32)37-20-12-19-35(31-37)47-42-25-14-24-41-40-23-13-22-39(44(40)49-45(41)42)33-17-8-5-9-18-33/h4-31,47H,1-3H3. The lowest BCUT2D eigenvalue weighted by Gasteiger charge is -2.29. The van der Waals surface area contributed by atoms with Gasteiger partial charge >= 0.3 is 0 Å². The monoisotopic (exact) mass is 634 g/mol. The number of nitrogens with zero attached hydrogens (tertiary/aromatic N) is 1. The predicted molar refractivity (Wildman–Crippen MR) is 208 cm³/mol. The molecule has 49 heavy (non-hydrogen) atoms. The van der Waals surface area contributed by atoms with Crippen LogP contribution in [0.1, 0.15) is 26.3 Å². The number of benzene rings is 7. The third kappa shape index (κ3) is 5.85. The molecule has 0 aliphatic rings. The normalized spacial score (nSPS) is 11.6. The second kappa shape index (κ2) is 12.5. The van der Waals surface area contributed by atoms with Crippen LogP contribution in [-0.2, 0) is 5.41 Å². The zero-order valence-electron chi connectivity index (χ0n) is 28.0. The zero-order chi connectivity index (χ0) is 33.4. The fourth-order valence-corrected chi connectivity index (χ4v) is 6.71. The number of anilines is 5. The van der Waals surface area contributed by atoms with E-state index in [-0.39, 0.29) is 5.41 Å². The molecular weight excluding hydrogens is 597 g/mol. The van der Waals surface area contributed by atoms with Crippen molar-refractivity contribution in [3.8, 4) is 22.3 Å². The lowest BCUT2D eigenvalue weighted by Crippen LogP contribution is -2.14. The number of furan rings is 1. The van der Waals surface area contributed by atoms with Crippen LogP contribution in [0.15, 0.2) is 174 Å². The average Bonchev–Trinajstić information content (AvgIpc) is 3.53. The molecule has 0 saturated heterocycles. The molecule has 7 aromatic carbocycles. The Kier molecular flexibility index (Phi) is 7.74. The van der Waals surface area contributed by atoms with Crippen molar-refractivity contribution < 1.29 is 4.42 Å². The van der Waals surface area contributed by atoms with Gasteiger partial charge in [-0.05, 0) is 64.6 Å². The molecule has 1 heterocycles. The topological polar surface area (TPSA) is 28.4 Å². The third-order valence-electron chi connectivity index (χ3n) is 9.21. The molecule has 0 atom stereocenters. The molecule has 1 aromatic heterocycles. The summed E-state index contributed by atoms with van der Waals surface area (Å²) in [7, 11) is 0. The van der Waals surface area contributed by atoms with Gasteiger partial charge in [-0.1, -0.05) is 148 Å². The minimum absolute atomic E-state index is 0.0642. The summed E-state index contributed by atoms with van der Waals surface area (Å²) in [5.41, 5.74) is 12.9. The molecule has 3 nitrogen and oxygen atoms in total. The highest BCUT2D eigenvalue weighted by Crippen LogP contribution is 2.43. The van der Waals surface area contributed by atoms with Crippen molar-refractivity contribution in [3.63, 3.8) is 0 Å². The smallest absolute Gasteiger partial charge is 0.158 e. The van der Waals surface area contributed by atoms with Gasteiger partial charge in [0.2, 0.25) is 0 Å². The number of rotatable bonds is 7. The van der Waals surface area contributed by atoms with Gasteiger partial charge in [0.05, 0.1) is 11.4 Å². The number of nitrogens with one attached hydrogen (secondary N) is 1. The molecule has 0 aliphatic heterocycles. The molecule has 0 spiro atoms. The van der Waals surface area contributed by atoms with E-state index in [1.165, 1.54) is 16.7 Å². The summed E-state index contributed by atoms with van der Waals surface area (Å²) in [6.07, 6.45) is 0. The van der Waals surface area contributed by atoms with Crippen LogP contribution in [-0.4, -0.2) is 0 Å². The van der Waals surface area contributed by atoms with E-state index in [0.717, 1.165) is 61.5 Å². The largest absolute Gasteiger partial charge is 0.453 e. The van der Waals surface area contributed by atoms with Crippen LogP contribution in [0.25, 0.3) is 44.2 Å². The van der Waals surface area contributed by atoms with Gasteiger partial charge in [-0.3, -0.25) is 0 Å². The van der Waals surface area contributed by atoms with Gasteiger partial charge < -0.3 is 14.6 Å². The van der Waals surface area contributed by atoms with Crippen LogP contribution in [0.4, 0.5) is 28.4 Å². The summed E-state index contributed by atoms with van der Waals surface area (Å²) in [5, 5.41) is 5.92. The lowest BCUT2D eigenvalue weighted by molar-refractivity contribution is 0.590. The molecule has 1 N–H and O–H groups in total. The Morgan fingerprint density at radius 3 is 1.80 bits per heavy atom. The van der Waals surface area contributed by atoms with E-state index in [2.05, 4.69) is 195 Å². The number of hydrogen-bond donors (Lipinski definition) is 1. The maximum Gasteiger partial charge on any atom is 0.158 e. The van der Waals surface area contributed by atoms with Crippen LogP contribution >= 0.6 is 0 Å². The van der Waals surface area contributed by atoms with Gasteiger partial charge in [-0.2, -0.15) is 0 Å². The Balaban J connectivity index is 1.23. The van der Waals surface area contributed by atoms with Gasteiger partial charge in [0.1, 0.15) is 5.58 Å². The van der Waals surface area contributed by atoms with Gasteiger partial charge in [-0.25, -0.2) is 0 Å². The van der Waals surface area contributed by atoms with Crippen molar-refractivity contribution in [3.05, 3.63) is 175 Å².